The number of hydrogen-bond acceptors (Lipinski definition) is 3. The zero-order valence-electron chi connectivity index (χ0n) is 14.3. The molecule has 1 saturated carbocycles. The molecule has 0 saturated heterocycles. The van der Waals surface area contributed by atoms with Crippen molar-refractivity contribution in [1.82, 2.24) is 15.5 Å². The van der Waals surface area contributed by atoms with Crippen molar-refractivity contribution in [2.24, 2.45) is 10.9 Å². The van der Waals surface area contributed by atoms with E-state index < -0.39 is 0 Å². The van der Waals surface area contributed by atoms with Gasteiger partial charge in [-0.25, -0.2) is 0 Å². The molecule has 1 fully saturated rings. The molecule has 1 rings (SSSR count). The van der Waals surface area contributed by atoms with Crippen LogP contribution in [0, 0.1) is 5.92 Å². The number of aliphatic imine (C=N–C) groups is 1. The third-order valence-corrected chi connectivity index (χ3v) is 4.30. The van der Waals surface area contributed by atoms with Crippen molar-refractivity contribution in [3.8, 4) is 0 Å². The Kier molecular flexibility index (Phi) is 9.42. The summed E-state index contributed by atoms with van der Waals surface area (Å²) in [6.07, 6.45) is 6.90. The number of nitrogens with zero attached hydrogens (tertiary/aromatic N) is 2. The second kappa shape index (κ2) is 10.9. The average Bonchev–Trinajstić information content (AvgIpc) is 2.50. The summed E-state index contributed by atoms with van der Waals surface area (Å²) in [6.45, 7) is 5.24. The van der Waals surface area contributed by atoms with Crippen LogP contribution in [0.3, 0.4) is 0 Å². The number of likely N-dealkylation sites (N-methyl/N-ethyl adjacent to an activating group) is 1. The fourth-order valence-corrected chi connectivity index (χ4v) is 3.10. The Morgan fingerprint density at radius 1 is 1.24 bits per heavy atom. The third-order valence-electron chi connectivity index (χ3n) is 4.30. The van der Waals surface area contributed by atoms with E-state index in [0.717, 1.165) is 38.2 Å². The van der Waals surface area contributed by atoms with Crippen LogP contribution in [0.2, 0.25) is 0 Å². The molecule has 0 aromatic rings. The fourth-order valence-electron chi connectivity index (χ4n) is 3.10. The lowest BCUT2D eigenvalue weighted by atomic mass is 9.83. The molecule has 1 aliphatic rings. The van der Waals surface area contributed by atoms with Crippen LogP contribution in [0.15, 0.2) is 4.99 Å². The second-order valence-corrected chi connectivity index (χ2v) is 6.01. The zero-order valence-corrected chi connectivity index (χ0v) is 14.3. The average molecular weight is 298 g/mol. The van der Waals surface area contributed by atoms with Gasteiger partial charge < -0.3 is 20.3 Å². The van der Waals surface area contributed by atoms with E-state index >= 15 is 0 Å². The first kappa shape index (κ1) is 18.2. The van der Waals surface area contributed by atoms with Crippen molar-refractivity contribution in [3.63, 3.8) is 0 Å². The van der Waals surface area contributed by atoms with Crippen LogP contribution < -0.4 is 10.6 Å². The van der Waals surface area contributed by atoms with Crippen molar-refractivity contribution in [2.45, 2.75) is 45.1 Å². The highest BCUT2D eigenvalue weighted by molar-refractivity contribution is 5.79. The highest BCUT2D eigenvalue weighted by atomic mass is 16.5. The molecule has 124 valence electrons. The minimum Gasteiger partial charge on any atom is -0.380 e. The largest absolute Gasteiger partial charge is 0.380 e. The van der Waals surface area contributed by atoms with E-state index in [1.807, 2.05) is 14.0 Å². The monoisotopic (exact) mass is 298 g/mol. The van der Waals surface area contributed by atoms with Crippen molar-refractivity contribution >= 4 is 5.96 Å². The first-order valence-electron chi connectivity index (χ1n) is 8.37. The molecule has 0 spiro atoms. The molecule has 0 radical (unpaired) electrons. The van der Waals surface area contributed by atoms with E-state index in [1.54, 1.807) is 0 Å². The Labute approximate surface area is 130 Å². The van der Waals surface area contributed by atoms with Crippen molar-refractivity contribution in [3.05, 3.63) is 0 Å². The van der Waals surface area contributed by atoms with Crippen LogP contribution in [-0.4, -0.2) is 64.3 Å². The van der Waals surface area contributed by atoms with Crippen molar-refractivity contribution < 1.29 is 4.74 Å². The molecule has 21 heavy (non-hydrogen) atoms. The molecule has 1 aliphatic carbocycles. The van der Waals surface area contributed by atoms with Gasteiger partial charge in [0.05, 0.1) is 6.61 Å². The maximum Gasteiger partial charge on any atom is 0.191 e. The van der Waals surface area contributed by atoms with Crippen LogP contribution in [0.1, 0.15) is 39.0 Å². The molecule has 0 bridgehead atoms. The van der Waals surface area contributed by atoms with E-state index in [0.29, 0.717) is 6.04 Å². The number of hydrogen-bond donors (Lipinski definition) is 2. The first-order valence-corrected chi connectivity index (χ1v) is 8.37. The fraction of sp³-hybridized carbons (Fsp3) is 0.938. The van der Waals surface area contributed by atoms with Crippen LogP contribution in [0.5, 0.6) is 0 Å². The minimum absolute atomic E-state index is 0.579. The predicted molar refractivity (Wildman–Crippen MR) is 89.9 cm³/mol. The van der Waals surface area contributed by atoms with Crippen LogP contribution in [0.25, 0.3) is 0 Å². The minimum atomic E-state index is 0.579. The van der Waals surface area contributed by atoms with Crippen molar-refractivity contribution in [1.29, 1.82) is 0 Å². The van der Waals surface area contributed by atoms with E-state index in [-0.39, 0.29) is 0 Å². The van der Waals surface area contributed by atoms with Gasteiger partial charge in [-0.3, -0.25) is 4.99 Å². The third kappa shape index (κ3) is 7.14. The molecular formula is C16H34N4O. The summed E-state index contributed by atoms with van der Waals surface area (Å²) >= 11 is 0. The van der Waals surface area contributed by atoms with Crippen LogP contribution >= 0.6 is 0 Å². The zero-order chi connectivity index (χ0) is 15.5. The SMILES string of the molecule is CCOCCNC(=NC)NCC(C1CCCCC1)N(C)C. The molecule has 1 unspecified atom stereocenters. The Morgan fingerprint density at radius 2 is 1.95 bits per heavy atom. The highest BCUT2D eigenvalue weighted by Crippen LogP contribution is 2.27. The van der Waals surface area contributed by atoms with Gasteiger partial charge in [0.1, 0.15) is 0 Å². The van der Waals surface area contributed by atoms with Crippen LogP contribution in [-0.2, 0) is 4.74 Å². The number of rotatable bonds is 8. The Balaban J connectivity index is 2.36. The molecule has 0 amide bonds. The summed E-state index contributed by atoms with van der Waals surface area (Å²) in [5, 5.41) is 6.76. The summed E-state index contributed by atoms with van der Waals surface area (Å²) < 4.78 is 5.33. The molecule has 0 heterocycles. The first-order chi connectivity index (χ1) is 10.2. The summed E-state index contributed by atoms with van der Waals surface area (Å²) in [7, 11) is 6.19. The maximum absolute atomic E-state index is 5.33. The van der Waals surface area contributed by atoms with E-state index in [9.17, 15) is 0 Å². The lowest BCUT2D eigenvalue weighted by molar-refractivity contribution is 0.152. The quantitative estimate of drug-likeness (QED) is 0.407. The van der Waals surface area contributed by atoms with Gasteiger partial charge in [-0.2, -0.15) is 0 Å². The van der Waals surface area contributed by atoms with Crippen LogP contribution in [0.4, 0.5) is 0 Å². The van der Waals surface area contributed by atoms with Gasteiger partial charge in [0.15, 0.2) is 5.96 Å². The lowest BCUT2D eigenvalue weighted by Gasteiger charge is -2.35. The van der Waals surface area contributed by atoms with Gasteiger partial charge in [0.2, 0.25) is 0 Å². The van der Waals surface area contributed by atoms with Gasteiger partial charge in [-0.05, 0) is 39.8 Å². The number of guanidine groups is 1. The van der Waals surface area contributed by atoms with Gasteiger partial charge >= 0.3 is 0 Å². The van der Waals surface area contributed by atoms with E-state index in [2.05, 4.69) is 34.6 Å². The number of nitrogens with one attached hydrogen (secondary N) is 2. The number of ether oxygens (including phenoxy) is 1. The van der Waals surface area contributed by atoms with E-state index in [4.69, 9.17) is 4.74 Å². The maximum atomic E-state index is 5.33. The van der Waals surface area contributed by atoms with Gasteiger partial charge in [-0.1, -0.05) is 19.3 Å². The normalized spacial score (nSPS) is 18.8. The molecule has 0 aliphatic heterocycles. The topological polar surface area (TPSA) is 48.9 Å². The van der Waals surface area contributed by atoms with E-state index in [1.165, 1.54) is 32.1 Å². The summed E-state index contributed by atoms with van der Waals surface area (Å²) in [6, 6.07) is 0.579. The van der Waals surface area contributed by atoms with Gasteiger partial charge in [0, 0.05) is 32.8 Å². The molecule has 5 nitrogen and oxygen atoms in total. The molecule has 2 N–H and O–H groups in total. The summed E-state index contributed by atoms with van der Waals surface area (Å²) in [5.74, 6) is 1.68. The smallest absolute Gasteiger partial charge is 0.191 e. The predicted octanol–water partition coefficient (Wildman–Crippen LogP) is 1.70. The molecule has 0 aromatic carbocycles. The Bertz CT molecular complexity index is 288. The summed E-state index contributed by atoms with van der Waals surface area (Å²) in [5.41, 5.74) is 0. The Morgan fingerprint density at radius 3 is 2.52 bits per heavy atom. The molecular weight excluding hydrogens is 264 g/mol. The molecule has 0 aromatic heterocycles. The van der Waals surface area contributed by atoms with Crippen molar-refractivity contribution in [2.75, 3.05) is 47.4 Å². The Hall–Kier alpha value is -0.810. The van der Waals surface area contributed by atoms with Gasteiger partial charge in [0.25, 0.3) is 0 Å². The standard InChI is InChI=1S/C16H34N4O/c1-5-21-12-11-18-16(17-2)19-13-15(20(3)4)14-9-7-6-8-10-14/h14-15H,5-13H2,1-4H3,(H2,17,18,19). The molecule has 1 atom stereocenters. The molecule has 5 heteroatoms. The lowest BCUT2D eigenvalue weighted by Crippen LogP contribution is -2.48. The highest BCUT2D eigenvalue weighted by Gasteiger charge is 2.25. The summed E-state index contributed by atoms with van der Waals surface area (Å²) in [4.78, 5) is 6.64. The second-order valence-electron chi connectivity index (χ2n) is 6.01. The van der Waals surface area contributed by atoms with Gasteiger partial charge in [-0.15, -0.1) is 0 Å².